The molecular weight excluding hydrogens is 328 g/mol. The molecule has 3 heterocycles. The predicted molar refractivity (Wildman–Crippen MR) is 97.2 cm³/mol. The zero-order valence-electron chi connectivity index (χ0n) is 14.5. The quantitative estimate of drug-likeness (QED) is 0.737. The van der Waals surface area contributed by atoms with E-state index in [1.54, 1.807) is 6.20 Å². The minimum absolute atomic E-state index is 0.0364. The molecule has 0 amide bonds. The molecule has 1 aliphatic heterocycles. The zero-order valence-corrected chi connectivity index (χ0v) is 14.5. The van der Waals surface area contributed by atoms with Crippen LogP contribution in [0.15, 0.2) is 59.3 Å². The van der Waals surface area contributed by atoms with Crippen LogP contribution in [0.3, 0.4) is 0 Å². The van der Waals surface area contributed by atoms with Crippen molar-refractivity contribution in [2.75, 3.05) is 13.1 Å². The summed E-state index contributed by atoms with van der Waals surface area (Å²) >= 11 is 0. The predicted octanol–water partition coefficient (Wildman–Crippen LogP) is 2.87. The average Bonchev–Trinajstić information content (AvgIpc) is 3.30. The number of aliphatic hydroxyl groups excluding tert-OH is 1. The van der Waals surface area contributed by atoms with E-state index in [9.17, 15) is 5.11 Å². The van der Waals surface area contributed by atoms with Crippen molar-refractivity contribution in [3.63, 3.8) is 0 Å². The Morgan fingerprint density at radius 1 is 1.12 bits per heavy atom. The molecule has 3 aromatic rings. The molecule has 0 saturated carbocycles. The zero-order chi connectivity index (χ0) is 17.8. The van der Waals surface area contributed by atoms with E-state index < -0.39 is 0 Å². The normalized spacial score (nSPS) is 20.5. The summed E-state index contributed by atoms with van der Waals surface area (Å²) in [4.78, 5) is 11.0. The molecule has 0 spiro atoms. The molecule has 0 aliphatic carbocycles. The van der Waals surface area contributed by atoms with Crippen molar-refractivity contribution >= 4 is 0 Å². The van der Waals surface area contributed by atoms with E-state index in [-0.39, 0.29) is 12.1 Å². The highest BCUT2D eigenvalue weighted by molar-refractivity contribution is 5.47. The fraction of sp³-hybridized carbons (Fsp3) is 0.350. The van der Waals surface area contributed by atoms with Crippen LogP contribution in [-0.2, 0) is 6.42 Å². The number of aryl methyl sites for hydroxylation is 1. The number of rotatable bonds is 6. The fourth-order valence-corrected chi connectivity index (χ4v) is 3.48. The summed E-state index contributed by atoms with van der Waals surface area (Å²) < 4.78 is 5.49. The summed E-state index contributed by atoms with van der Waals surface area (Å²) in [5.74, 6) is 1.05. The lowest BCUT2D eigenvalue weighted by Gasteiger charge is -2.20. The summed E-state index contributed by atoms with van der Waals surface area (Å²) in [7, 11) is 0. The Labute approximate surface area is 152 Å². The molecule has 0 bridgehead atoms. The van der Waals surface area contributed by atoms with Crippen molar-refractivity contribution in [1.82, 2.24) is 20.0 Å². The van der Waals surface area contributed by atoms with E-state index in [2.05, 4.69) is 44.3 Å². The molecule has 1 aromatic carbocycles. The number of hydrogen-bond acceptors (Lipinski definition) is 6. The summed E-state index contributed by atoms with van der Waals surface area (Å²) in [6.07, 6.45) is 4.01. The van der Waals surface area contributed by atoms with Gasteiger partial charge < -0.3 is 9.63 Å². The third-order valence-corrected chi connectivity index (χ3v) is 4.76. The second-order valence-electron chi connectivity index (χ2n) is 6.66. The molecule has 2 aromatic heterocycles. The summed E-state index contributed by atoms with van der Waals surface area (Å²) in [5, 5.41) is 14.2. The van der Waals surface area contributed by atoms with E-state index in [0.717, 1.165) is 19.4 Å². The molecule has 0 radical (unpaired) electrons. The average molecular weight is 350 g/mol. The van der Waals surface area contributed by atoms with E-state index in [1.807, 2.05) is 24.3 Å². The molecule has 1 saturated heterocycles. The number of β-amino-alcohol motifs (C(OH)–C–C–N with tert-alkyl or cyclic N) is 1. The van der Waals surface area contributed by atoms with Gasteiger partial charge in [-0.2, -0.15) is 4.98 Å². The number of aromatic nitrogens is 3. The number of likely N-dealkylation sites (tertiary alicyclic amines) is 1. The van der Waals surface area contributed by atoms with Crippen LogP contribution in [0.4, 0.5) is 0 Å². The summed E-state index contributed by atoms with van der Waals surface area (Å²) in [6, 6.07) is 16.0. The largest absolute Gasteiger partial charge is 0.392 e. The van der Waals surface area contributed by atoms with Crippen molar-refractivity contribution in [2.45, 2.75) is 31.4 Å². The van der Waals surface area contributed by atoms with Gasteiger partial charge in [0.2, 0.25) is 11.7 Å². The first-order valence-corrected chi connectivity index (χ1v) is 9.00. The lowest BCUT2D eigenvalue weighted by atomic mass is 10.1. The van der Waals surface area contributed by atoms with Gasteiger partial charge in [-0.25, -0.2) is 0 Å². The van der Waals surface area contributed by atoms with E-state index in [1.165, 1.54) is 5.56 Å². The van der Waals surface area contributed by atoms with Crippen LogP contribution in [0.5, 0.6) is 0 Å². The first-order valence-electron chi connectivity index (χ1n) is 9.00. The third kappa shape index (κ3) is 3.81. The Kier molecular flexibility index (Phi) is 5.04. The Bertz CT molecular complexity index is 822. The molecule has 6 nitrogen and oxygen atoms in total. The fourth-order valence-electron chi connectivity index (χ4n) is 3.48. The van der Waals surface area contributed by atoms with Gasteiger partial charge in [0.15, 0.2) is 0 Å². The highest BCUT2D eigenvalue weighted by Crippen LogP contribution is 2.32. The third-order valence-electron chi connectivity index (χ3n) is 4.76. The minimum atomic E-state index is -0.359. The van der Waals surface area contributed by atoms with Crippen LogP contribution in [-0.4, -0.2) is 44.3 Å². The summed E-state index contributed by atoms with van der Waals surface area (Å²) in [6.45, 7) is 1.53. The first-order chi connectivity index (χ1) is 12.8. The Morgan fingerprint density at radius 2 is 1.96 bits per heavy atom. The van der Waals surface area contributed by atoms with Crippen LogP contribution >= 0.6 is 0 Å². The van der Waals surface area contributed by atoms with Crippen molar-refractivity contribution < 1.29 is 9.63 Å². The van der Waals surface area contributed by atoms with Crippen molar-refractivity contribution in [2.24, 2.45) is 0 Å². The number of benzene rings is 1. The van der Waals surface area contributed by atoms with Gasteiger partial charge in [-0.05, 0) is 43.5 Å². The molecule has 1 fully saturated rings. The van der Waals surface area contributed by atoms with Gasteiger partial charge in [-0.3, -0.25) is 9.88 Å². The lowest BCUT2D eigenvalue weighted by molar-refractivity contribution is 0.172. The highest BCUT2D eigenvalue weighted by atomic mass is 16.5. The van der Waals surface area contributed by atoms with Crippen LogP contribution in [0.1, 0.15) is 30.3 Å². The number of hydrogen-bond donors (Lipinski definition) is 1. The van der Waals surface area contributed by atoms with Crippen LogP contribution in [0.25, 0.3) is 11.5 Å². The highest BCUT2D eigenvalue weighted by Gasteiger charge is 2.35. The van der Waals surface area contributed by atoms with E-state index in [4.69, 9.17) is 4.52 Å². The van der Waals surface area contributed by atoms with Gasteiger partial charge in [0.1, 0.15) is 5.69 Å². The topological polar surface area (TPSA) is 75.3 Å². The number of nitrogens with zero attached hydrogens (tertiary/aromatic N) is 4. The first kappa shape index (κ1) is 16.9. The molecule has 1 aliphatic rings. The van der Waals surface area contributed by atoms with Crippen molar-refractivity contribution in [1.29, 1.82) is 0 Å². The van der Waals surface area contributed by atoms with Gasteiger partial charge in [0.25, 0.3) is 0 Å². The molecule has 26 heavy (non-hydrogen) atoms. The minimum Gasteiger partial charge on any atom is -0.392 e. The maximum Gasteiger partial charge on any atom is 0.244 e. The summed E-state index contributed by atoms with van der Waals surface area (Å²) in [5.41, 5.74) is 2.02. The van der Waals surface area contributed by atoms with Gasteiger partial charge in [0.05, 0.1) is 12.1 Å². The van der Waals surface area contributed by atoms with E-state index in [0.29, 0.717) is 30.4 Å². The van der Waals surface area contributed by atoms with Crippen molar-refractivity contribution in [3.05, 3.63) is 66.2 Å². The van der Waals surface area contributed by atoms with Crippen LogP contribution < -0.4 is 0 Å². The van der Waals surface area contributed by atoms with Crippen LogP contribution in [0.2, 0.25) is 0 Å². The molecule has 4 rings (SSSR count). The van der Waals surface area contributed by atoms with Crippen molar-refractivity contribution in [3.8, 4) is 11.5 Å². The molecule has 2 atom stereocenters. The Morgan fingerprint density at radius 3 is 2.77 bits per heavy atom. The standard InChI is InChI=1S/C20H22N4O2/c25-16-13-18(20-22-19(23-26-20)17-10-4-5-11-21-17)24(14-16)12-6-9-15-7-2-1-3-8-15/h1-5,7-8,10-11,16,18,25H,6,9,12-14H2. The maximum absolute atomic E-state index is 10.1. The number of aliphatic hydroxyl groups is 1. The monoisotopic (exact) mass is 350 g/mol. The van der Waals surface area contributed by atoms with E-state index >= 15 is 0 Å². The van der Waals surface area contributed by atoms with Gasteiger partial charge in [-0.1, -0.05) is 41.6 Å². The Balaban J connectivity index is 1.42. The Hall–Kier alpha value is -2.57. The second-order valence-corrected chi connectivity index (χ2v) is 6.66. The molecule has 134 valence electrons. The smallest absolute Gasteiger partial charge is 0.244 e. The molecular formula is C20H22N4O2. The second kappa shape index (κ2) is 7.76. The maximum atomic E-state index is 10.1. The number of pyridine rings is 1. The van der Waals surface area contributed by atoms with Gasteiger partial charge in [-0.15, -0.1) is 0 Å². The lowest BCUT2D eigenvalue weighted by Crippen LogP contribution is -2.26. The van der Waals surface area contributed by atoms with Gasteiger partial charge in [0, 0.05) is 12.7 Å². The van der Waals surface area contributed by atoms with Gasteiger partial charge >= 0.3 is 0 Å². The molecule has 2 unspecified atom stereocenters. The van der Waals surface area contributed by atoms with Crippen LogP contribution in [0, 0.1) is 0 Å². The SMILES string of the molecule is OC1CC(c2nc(-c3ccccn3)no2)N(CCCc2ccccc2)C1. The molecule has 6 heteroatoms. The molecule has 1 N–H and O–H groups in total.